The zero-order chi connectivity index (χ0) is 23.5. The first-order valence-electron chi connectivity index (χ1n) is 9.79. The van der Waals surface area contributed by atoms with Gasteiger partial charge < -0.3 is 19.7 Å². The zero-order valence-electron chi connectivity index (χ0n) is 17.5. The van der Waals surface area contributed by atoms with E-state index in [2.05, 4.69) is 5.32 Å². The second-order valence-corrected chi connectivity index (χ2v) is 9.07. The van der Waals surface area contributed by atoms with E-state index >= 15 is 0 Å². The zero-order valence-corrected chi connectivity index (χ0v) is 19.7. The van der Waals surface area contributed by atoms with Crippen LogP contribution in [0.15, 0.2) is 36.4 Å². The van der Waals surface area contributed by atoms with Gasteiger partial charge in [0, 0.05) is 30.8 Å². The largest absolute Gasteiger partial charge is 0.484 e. The lowest BCUT2D eigenvalue weighted by molar-refractivity contribution is -0.142. The van der Waals surface area contributed by atoms with Crippen LogP contribution in [0.5, 0.6) is 11.5 Å². The summed E-state index contributed by atoms with van der Waals surface area (Å²) >= 11 is 17.5. The van der Waals surface area contributed by atoms with Gasteiger partial charge in [0.05, 0.1) is 15.1 Å². The predicted octanol–water partition coefficient (Wildman–Crippen LogP) is 4.74. The van der Waals surface area contributed by atoms with E-state index in [1.807, 2.05) is 6.92 Å². The number of carbonyl (C=O) groups excluding carboxylic acids is 2. The average molecular weight is 504 g/mol. The molecule has 2 aromatic rings. The van der Waals surface area contributed by atoms with Crippen LogP contribution in [0, 0.1) is 5.82 Å². The van der Waals surface area contributed by atoms with Gasteiger partial charge in [0.1, 0.15) is 17.3 Å². The van der Waals surface area contributed by atoms with E-state index in [9.17, 15) is 14.0 Å². The van der Waals surface area contributed by atoms with Gasteiger partial charge in [-0.2, -0.15) is 0 Å². The molecule has 2 amide bonds. The second kappa shape index (κ2) is 10.1. The van der Waals surface area contributed by atoms with E-state index < -0.39 is 11.4 Å². The number of carbonyl (C=O) groups is 2. The molecule has 1 fully saturated rings. The quantitative estimate of drug-likeness (QED) is 0.565. The maximum Gasteiger partial charge on any atom is 0.260 e. The molecule has 0 aliphatic heterocycles. The Morgan fingerprint density at radius 3 is 2.25 bits per heavy atom. The minimum atomic E-state index is -0.557. The SMILES string of the molecule is CN(C(=O)COc1ccc(Cl)c(Cl)c1)C1(C)CC(NC(=O)COc2ccc(F)c(Cl)c2)C1. The molecule has 3 rings (SSSR count). The number of hydrogen-bond acceptors (Lipinski definition) is 4. The lowest BCUT2D eigenvalue weighted by Crippen LogP contribution is -2.63. The molecular weight excluding hydrogens is 482 g/mol. The highest BCUT2D eigenvalue weighted by molar-refractivity contribution is 6.42. The van der Waals surface area contributed by atoms with E-state index in [0.717, 1.165) is 0 Å². The van der Waals surface area contributed by atoms with Crippen molar-refractivity contribution < 1.29 is 23.5 Å². The fourth-order valence-corrected chi connectivity index (χ4v) is 3.93. The van der Waals surface area contributed by atoms with Crippen molar-refractivity contribution in [3.63, 3.8) is 0 Å². The first-order chi connectivity index (χ1) is 15.1. The monoisotopic (exact) mass is 502 g/mol. The van der Waals surface area contributed by atoms with Crippen LogP contribution in [0.4, 0.5) is 4.39 Å². The molecule has 2 aromatic carbocycles. The lowest BCUT2D eigenvalue weighted by Gasteiger charge is -2.50. The Kier molecular flexibility index (Phi) is 7.75. The van der Waals surface area contributed by atoms with Gasteiger partial charge in [-0.3, -0.25) is 9.59 Å². The van der Waals surface area contributed by atoms with Crippen molar-refractivity contribution >= 4 is 46.6 Å². The van der Waals surface area contributed by atoms with Crippen molar-refractivity contribution in [2.24, 2.45) is 0 Å². The van der Waals surface area contributed by atoms with E-state index in [4.69, 9.17) is 44.3 Å². The molecule has 1 saturated carbocycles. The number of nitrogens with one attached hydrogen (secondary N) is 1. The maximum atomic E-state index is 13.2. The molecule has 172 valence electrons. The van der Waals surface area contributed by atoms with Gasteiger partial charge in [0.15, 0.2) is 13.2 Å². The molecule has 1 aliphatic carbocycles. The third kappa shape index (κ3) is 5.97. The summed E-state index contributed by atoms with van der Waals surface area (Å²) in [6.45, 7) is 1.58. The molecule has 6 nitrogen and oxygen atoms in total. The van der Waals surface area contributed by atoms with E-state index in [1.54, 1.807) is 30.1 Å². The molecule has 0 spiro atoms. The Morgan fingerprint density at radius 2 is 1.62 bits per heavy atom. The molecular formula is C22H22Cl3FN2O4. The number of hydrogen-bond donors (Lipinski definition) is 1. The molecule has 0 radical (unpaired) electrons. The van der Waals surface area contributed by atoms with Crippen LogP contribution >= 0.6 is 34.8 Å². The summed E-state index contributed by atoms with van der Waals surface area (Å²) in [5.74, 6) is -0.308. The number of amides is 2. The average Bonchev–Trinajstić information content (AvgIpc) is 2.73. The Labute approximate surface area is 200 Å². The molecule has 1 N–H and O–H groups in total. The van der Waals surface area contributed by atoms with Gasteiger partial charge in [-0.1, -0.05) is 34.8 Å². The summed E-state index contributed by atoms with van der Waals surface area (Å²) in [6.07, 6.45) is 1.19. The number of halogens is 4. The van der Waals surface area contributed by atoms with Crippen LogP contribution in [0.2, 0.25) is 15.1 Å². The van der Waals surface area contributed by atoms with E-state index in [1.165, 1.54) is 18.2 Å². The minimum absolute atomic E-state index is 0.0755. The normalized spacial score (nSPS) is 19.6. The highest BCUT2D eigenvalue weighted by Gasteiger charge is 2.45. The van der Waals surface area contributed by atoms with Gasteiger partial charge >= 0.3 is 0 Å². The number of likely N-dealkylation sites (N-methyl/N-ethyl adjacent to an activating group) is 1. The summed E-state index contributed by atoms with van der Waals surface area (Å²) in [5.41, 5.74) is -0.401. The van der Waals surface area contributed by atoms with Crippen LogP contribution in [0.3, 0.4) is 0 Å². The molecule has 1 aliphatic rings. The number of ether oxygens (including phenoxy) is 2. The van der Waals surface area contributed by atoms with Crippen molar-refractivity contribution in [2.75, 3.05) is 20.3 Å². The smallest absolute Gasteiger partial charge is 0.260 e. The van der Waals surface area contributed by atoms with Crippen LogP contribution in [-0.2, 0) is 9.59 Å². The van der Waals surface area contributed by atoms with Crippen molar-refractivity contribution in [1.29, 1.82) is 0 Å². The maximum absolute atomic E-state index is 13.2. The van der Waals surface area contributed by atoms with Crippen molar-refractivity contribution in [1.82, 2.24) is 10.2 Å². The van der Waals surface area contributed by atoms with Crippen molar-refractivity contribution in [3.05, 3.63) is 57.3 Å². The molecule has 10 heteroatoms. The summed E-state index contributed by atoms with van der Waals surface area (Å²) in [4.78, 5) is 26.3. The second-order valence-electron chi connectivity index (χ2n) is 7.85. The molecule has 0 atom stereocenters. The highest BCUT2D eigenvalue weighted by atomic mass is 35.5. The topological polar surface area (TPSA) is 67.9 Å². The van der Waals surface area contributed by atoms with Gasteiger partial charge in [-0.05, 0) is 44.0 Å². The molecule has 0 heterocycles. The number of benzene rings is 2. The Balaban J connectivity index is 1.41. The van der Waals surface area contributed by atoms with Gasteiger partial charge in [0.25, 0.3) is 11.8 Å². The molecule has 0 saturated heterocycles. The summed E-state index contributed by atoms with van der Waals surface area (Å²) in [7, 11) is 1.71. The van der Waals surface area contributed by atoms with Crippen LogP contribution < -0.4 is 14.8 Å². The third-order valence-electron chi connectivity index (χ3n) is 5.44. The summed E-state index contributed by atoms with van der Waals surface area (Å²) in [6, 6.07) is 8.59. The van der Waals surface area contributed by atoms with E-state index in [0.29, 0.717) is 34.4 Å². The number of rotatable bonds is 8. The van der Waals surface area contributed by atoms with Crippen LogP contribution in [0.25, 0.3) is 0 Å². The molecule has 32 heavy (non-hydrogen) atoms. The van der Waals surface area contributed by atoms with Crippen molar-refractivity contribution in [2.45, 2.75) is 31.3 Å². The fraction of sp³-hybridized carbons (Fsp3) is 0.364. The molecule has 0 aromatic heterocycles. The van der Waals surface area contributed by atoms with Gasteiger partial charge in [-0.25, -0.2) is 4.39 Å². The van der Waals surface area contributed by atoms with Crippen LogP contribution in [0.1, 0.15) is 19.8 Å². The fourth-order valence-electron chi connectivity index (χ4n) is 3.47. The molecule has 0 bridgehead atoms. The Morgan fingerprint density at radius 1 is 1.03 bits per heavy atom. The Hall–Kier alpha value is -2.22. The van der Waals surface area contributed by atoms with E-state index in [-0.39, 0.29) is 36.1 Å². The first kappa shape index (κ1) is 24.4. The van der Waals surface area contributed by atoms with Crippen LogP contribution in [-0.4, -0.2) is 48.6 Å². The van der Waals surface area contributed by atoms with Gasteiger partial charge in [0.2, 0.25) is 0 Å². The molecule has 0 unspecified atom stereocenters. The minimum Gasteiger partial charge on any atom is -0.484 e. The highest BCUT2D eigenvalue weighted by Crippen LogP contribution is 2.37. The first-order valence-corrected chi connectivity index (χ1v) is 10.9. The third-order valence-corrected chi connectivity index (χ3v) is 6.46. The summed E-state index contributed by atoms with van der Waals surface area (Å²) in [5, 5.41) is 3.54. The Bertz CT molecular complexity index is 1010. The standard InChI is InChI=1S/C22H22Cl3FN2O4/c1-22(28(2)21(30)12-32-14-3-5-16(23)17(24)7-14)9-13(10-22)27-20(29)11-31-15-4-6-19(26)18(25)8-15/h3-8,13H,9-12H2,1-2H3,(H,27,29). The lowest BCUT2D eigenvalue weighted by atomic mass is 9.73. The van der Waals surface area contributed by atoms with Gasteiger partial charge in [-0.15, -0.1) is 0 Å². The predicted molar refractivity (Wildman–Crippen MR) is 121 cm³/mol. The number of nitrogens with zero attached hydrogens (tertiary/aromatic N) is 1. The summed E-state index contributed by atoms with van der Waals surface area (Å²) < 4.78 is 24.0. The van der Waals surface area contributed by atoms with Crippen molar-refractivity contribution in [3.8, 4) is 11.5 Å².